The highest BCUT2D eigenvalue weighted by Crippen LogP contribution is 2.30. The summed E-state index contributed by atoms with van der Waals surface area (Å²) in [6, 6.07) is 9.94. The molecular formula is C15H16F2N2S. The van der Waals surface area contributed by atoms with Crippen LogP contribution >= 0.6 is 11.3 Å². The Morgan fingerprint density at radius 1 is 1.25 bits per heavy atom. The van der Waals surface area contributed by atoms with E-state index in [1.165, 1.54) is 0 Å². The van der Waals surface area contributed by atoms with Gasteiger partial charge in [0, 0.05) is 29.6 Å². The molecule has 0 bridgehead atoms. The lowest BCUT2D eigenvalue weighted by Gasteiger charge is -2.31. The molecule has 0 N–H and O–H groups in total. The maximum Gasteiger partial charge on any atom is 0.260 e. The Labute approximate surface area is 121 Å². The van der Waals surface area contributed by atoms with Crippen molar-refractivity contribution in [3.63, 3.8) is 0 Å². The third-order valence-corrected chi connectivity index (χ3v) is 4.46. The Morgan fingerprint density at radius 2 is 2.05 bits per heavy atom. The lowest BCUT2D eigenvalue weighted by Crippen LogP contribution is -2.41. The van der Waals surface area contributed by atoms with Crippen LogP contribution in [0.5, 0.6) is 0 Å². The van der Waals surface area contributed by atoms with Gasteiger partial charge in [-0.2, -0.15) is 0 Å². The van der Waals surface area contributed by atoms with Crippen LogP contribution in [-0.4, -0.2) is 28.9 Å². The molecule has 2 heterocycles. The highest BCUT2D eigenvalue weighted by molar-refractivity contribution is 7.15. The molecule has 0 unspecified atom stereocenters. The smallest absolute Gasteiger partial charge is 0.260 e. The molecule has 106 valence electrons. The fraction of sp³-hybridized carbons (Fsp3) is 0.400. The number of alkyl halides is 2. The van der Waals surface area contributed by atoms with E-state index in [0.717, 1.165) is 22.0 Å². The SMILES string of the molecule is FC1(F)CCCN(Cc2cnc(-c3ccccc3)s2)C1. The Balaban J connectivity index is 1.69. The molecule has 20 heavy (non-hydrogen) atoms. The van der Waals surface area contributed by atoms with E-state index in [-0.39, 0.29) is 13.0 Å². The predicted molar refractivity (Wildman–Crippen MR) is 77.0 cm³/mol. The highest BCUT2D eigenvalue weighted by atomic mass is 32.1. The standard InChI is InChI=1S/C15H16F2N2S/c16-15(17)7-4-8-19(11-15)10-13-9-18-14(20-13)12-5-2-1-3-6-12/h1-3,5-6,9H,4,7-8,10-11H2. The first-order chi connectivity index (χ1) is 9.62. The summed E-state index contributed by atoms with van der Waals surface area (Å²) < 4.78 is 26.7. The minimum atomic E-state index is -2.54. The van der Waals surface area contributed by atoms with Crippen molar-refractivity contribution in [1.29, 1.82) is 0 Å². The molecule has 0 spiro atoms. The summed E-state index contributed by atoms with van der Waals surface area (Å²) >= 11 is 1.58. The number of rotatable bonds is 3. The van der Waals surface area contributed by atoms with E-state index < -0.39 is 5.92 Å². The van der Waals surface area contributed by atoms with Gasteiger partial charge in [0.2, 0.25) is 0 Å². The number of halogens is 2. The molecule has 0 radical (unpaired) electrons. The first kappa shape index (κ1) is 13.6. The zero-order chi connectivity index (χ0) is 14.0. The van der Waals surface area contributed by atoms with Crippen molar-refractivity contribution in [2.75, 3.05) is 13.1 Å². The Bertz CT molecular complexity index is 568. The number of benzene rings is 1. The zero-order valence-electron chi connectivity index (χ0n) is 11.1. The molecule has 1 saturated heterocycles. The van der Waals surface area contributed by atoms with Crippen LogP contribution in [0.25, 0.3) is 10.6 Å². The fourth-order valence-electron chi connectivity index (χ4n) is 2.50. The number of likely N-dealkylation sites (tertiary alicyclic amines) is 1. The van der Waals surface area contributed by atoms with Gasteiger partial charge in [-0.15, -0.1) is 11.3 Å². The van der Waals surface area contributed by atoms with Gasteiger partial charge in [0.05, 0.1) is 6.54 Å². The Kier molecular flexibility index (Phi) is 3.81. The largest absolute Gasteiger partial charge is 0.292 e. The van der Waals surface area contributed by atoms with Crippen LogP contribution < -0.4 is 0 Å². The van der Waals surface area contributed by atoms with Gasteiger partial charge in [0.1, 0.15) is 5.01 Å². The van der Waals surface area contributed by atoms with Gasteiger partial charge in [-0.05, 0) is 13.0 Å². The second-order valence-electron chi connectivity index (χ2n) is 5.17. The summed E-state index contributed by atoms with van der Waals surface area (Å²) in [5.41, 5.74) is 1.08. The van der Waals surface area contributed by atoms with Gasteiger partial charge < -0.3 is 0 Å². The molecule has 0 atom stereocenters. The summed E-state index contributed by atoms with van der Waals surface area (Å²) in [6.45, 7) is 1.18. The quantitative estimate of drug-likeness (QED) is 0.849. The average Bonchev–Trinajstić information content (AvgIpc) is 2.87. The topological polar surface area (TPSA) is 16.1 Å². The molecule has 2 aromatic rings. The van der Waals surface area contributed by atoms with Crippen LogP contribution in [-0.2, 0) is 6.54 Å². The van der Waals surface area contributed by atoms with E-state index in [9.17, 15) is 8.78 Å². The summed E-state index contributed by atoms with van der Waals surface area (Å²) in [7, 11) is 0. The monoisotopic (exact) mass is 294 g/mol. The molecule has 2 nitrogen and oxygen atoms in total. The summed E-state index contributed by atoms with van der Waals surface area (Å²) in [5.74, 6) is -2.54. The minimum absolute atomic E-state index is 0.0153. The number of nitrogens with zero attached hydrogens (tertiary/aromatic N) is 2. The molecule has 0 aliphatic carbocycles. The van der Waals surface area contributed by atoms with Crippen molar-refractivity contribution in [1.82, 2.24) is 9.88 Å². The van der Waals surface area contributed by atoms with E-state index >= 15 is 0 Å². The van der Waals surface area contributed by atoms with Crippen molar-refractivity contribution in [2.24, 2.45) is 0 Å². The summed E-state index contributed by atoms with van der Waals surface area (Å²) in [5, 5.41) is 0.948. The third-order valence-electron chi connectivity index (χ3n) is 3.43. The van der Waals surface area contributed by atoms with E-state index in [1.807, 2.05) is 35.2 Å². The lowest BCUT2D eigenvalue weighted by molar-refractivity contribution is -0.0658. The highest BCUT2D eigenvalue weighted by Gasteiger charge is 2.35. The molecule has 1 aromatic carbocycles. The second kappa shape index (κ2) is 5.58. The summed E-state index contributed by atoms with van der Waals surface area (Å²) in [4.78, 5) is 7.26. The van der Waals surface area contributed by atoms with Crippen LogP contribution in [0.2, 0.25) is 0 Å². The van der Waals surface area contributed by atoms with Gasteiger partial charge in [0.15, 0.2) is 0 Å². The lowest BCUT2D eigenvalue weighted by atomic mass is 10.1. The number of thiazole rings is 1. The second-order valence-corrected chi connectivity index (χ2v) is 6.28. The van der Waals surface area contributed by atoms with Crippen LogP contribution in [0.15, 0.2) is 36.5 Å². The van der Waals surface area contributed by atoms with Gasteiger partial charge in [-0.3, -0.25) is 4.90 Å². The number of aromatic nitrogens is 1. The molecule has 0 amide bonds. The molecule has 1 aromatic heterocycles. The van der Waals surface area contributed by atoms with Crippen molar-refractivity contribution in [3.05, 3.63) is 41.4 Å². The van der Waals surface area contributed by atoms with Crippen molar-refractivity contribution in [3.8, 4) is 10.6 Å². The minimum Gasteiger partial charge on any atom is -0.292 e. The molecule has 1 aliphatic rings. The van der Waals surface area contributed by atoms with Crippen LogP contribution in [0.1, 0.15) is 17.7 Å². The van der Waals surface area contributed by atoms with Crippen molar-refractivity contribution >= 4 is 11.3 Å². The van der Waals surface area contributed by atoms with Gasteiger partial charge >= 0.3 is 0 Å². The Hall–Kier alpha value is -1.33. The van der Waals surface area contributed by atoms with E-state index in [2.05, 4.69) is 4.98 Å². The first-order valence-corrected chi connectivity index (χ1v) is 7.54. The predicted octanol–water partition coefficient (Wildman–Crippen LogP) is 4.04. The molecule has 0 saturated carbocycles. The van der Waals surface area contributed by atoms with Gasteiger partial charge in [-0.25, -0.2) is 13.8 Å². The van der Waals surface area contributed by atoms with Crippen LogP contribution in [0, 0.1) is 0 Å². The van der Waals surface area contributed by atoms with Crippen molar-refractivity contribution < 1.29 is 8.78 Å². The van der Waals surface area contributed by atoms with Crippen LogP contribution in [0.4, 0.5) is 8.78 Å². The van der Waals surface area contributed by atoms with Gasteiger partial charge in [0.25, 0.3) is 5.92 Å². The first-order valence-electron chi connectivity index (χ1n) is 6.73. The number of hydrogen-bond acceptors (Lipinski definition) is 3. The fourth-order valence-corrected chi connectivity index (χ4v) is 3.46. The zero-order valence-corrected chi connectivity index (χ0v) is 11.9. The summed E-state index contributed by atoms with van der Waals surface area (Å²) in [6.07, 6.45) is 2.39. The Morgan fingerprint density at radius 3 is 2.80 bits per heavy atom. The van der Waals surface area contributed by atoms with Gasteiger partial charge in [-0.1, -0.05) is 30.3 Å². The molecule has 1 fully saturated rings. The number of hydrogen-bond donors (Lipinski definition) is 0. The maximum absolute atomic E-state index is 13.4. The van der Waals surface area contributed by atoms with Crippen LogP contribution in [0.3, 0.4) is 0 Å². The van der Waals surface area contributed by atoms with E-state index in [0.29, 0.717) is 13.0 Å². The van der Waals surface area contributed by atoms with E-state index in [4.69, 9.17) is 0 Å². The normalized spacial score (nSPS) is 19.1. The average molecular weight is 294 g/mol. The maximum atomic E-state index is 13.4. The molecular weight excluding hydrogens is 278 g/mol. The molecule has 1 aliphatic heterocycles. The molecule has 5 heteroatoms. The third kappa shape index (κ3) is 3.22. The van der Waals surface area contributed by atoms with Crippen molar-refractivity contribution in [2.45, 2.75) is 25.3 Å². The molecule has 3 rings (SSSR count). The number of piperidine rings is 1. The van der Waals surface area contributed by atoms with E-state index in [1.54, 1.807) is 17.5 Å².